The summed E-state index contributed by atoms with van der Waals surface area (Å²) in [5.74, 6) is 0. The van der Waals surface area contributed by atoms with E-state index in [2.05, 4.69) is 19.2 Å². The van der Waals surface area contributed by atoms with E-state index in [-0.39, 0.29) is 11.6 Å². The lowest BCUT2D eigenvalue weighted by atomic mass is 9.91. The van der Waals surface area contributed by atoms with E-state index in [0.717, 1.165) is 10.6 Å². The van der Waals surface area contributed by atoms with E-state index in [1.54, 1.807) is 0 Å². The van der Waals surface area contributed by atoms with Gasteiger partial charge in [0, 0.05) is 11.6 Å². The van der Waals surface area contributed by atoms with E-state index in [4.69, 9.17) is 16.3 Å². The molecule has 1 aromatic carbocycles. The molecule has 0 aromatic heterocycles. The Morgan fingerprint density at radius 2 is 2.00 bits per heavy atom. The smallest absolute Gasteiger partial charge is 0.0820 e. The Balaban J connectivity index is 3.03. The first kappa shape index (κ1) is 13.5. The number of likely N-dealkylation sites (N-methyl/N-ethyl adjacent to an activating group) is 1. The summed E-state index contributed by atoms with van der Waals surface area (Å²) in [6.45, 7) is 6.83. The maximum atomic E-state index is 6.21. The number of nitrogens with one attached hydrogen (secondary N) is 1. The third kappa shape index (κ3) is 2.97. The minimum absolute atomic E-state index is 0.0844. The zero-order valence-electron chi connectivity index (χ0n) is 10.4. The van der Waals surface area contributed by atoms with Crippen LogP contribution in [0.25, 0.3) is 0 Å². The van der Waals surface area contributed by atoms with E-state index >= 15 is 0 Å². The predicted molar refractivity (Wildman–Crippen MR) is 69.0 cm³/mol. The predicted octanol–water partition coefficient (Wildman–Crippen LogP) is 3.42. The summed E-state index contributed by atoms with van der Waals surface area (Å²) in [7, 11) is 1.93. The standard InChI is InChI=1S/C13H20ClNO/c1-5-16-13(2,3)12(15-4)10-8-6-7-9-11(10)14/h6-9,12,15H,5H2,1-4H3. The molecule has 0 fully saturated rings. The van der Waals surface area contributed by atoms with Gasteiger partial charge in [-0.2, -0.15) is 0 Å². The van der Waals surface area contributed by atoms with Crippen LogP contribution in [-0.4, -0.2) is 19.3 Å². The third-order valence-electron chi connectivity index (χ3n) is 2.72. The molecule has 0 amide bonds. The molecule has 0 saturated carbocycles. The Morgan fingerprint density at radius 1 is 1.38 bits per heavy atom. The average molecular weight is 242 g/mol. The van der Waals surface area contributed by atoms with Crippen molar-refractivity contribution in [1.82, 2.24) is 5.32 Å². The zero-order chi connectivity index (χ0) is 12.2. The SMILES string of the molecule is CCOC(C)(C)C(NC)c1ccccc1Cl. The van der Waals surface area contributed by atoms with Gasteiger partial charge in [-0.1, -0.05) is 29.8 Å². The van der Waals surface area contributed by atoms with E-state index < -0.39 is 0 Å². The molecule has 0 aliphatic carbocycles. The second kappa shape index (κ2) is 5.67. The Labute approximate surface area is 103 Å². The maximum absolute atomic E-state index is 6.21. The van der Waals surface area contributed by atoms with Crippen molar-refractivity contribution in [1.29, 1.82) is 0 Å². The highest BCUT2D eigenvalue weighted by atomic mass is 35.5. The summed E-state index contributed by atoms with van der Waals surface area (Å²) in [5.41, 5.74) is 0.791. The fourth-order valence-electron chi connectivity index (χ4n) is 2.04. The van der Waals surface area contributed by atoms with Crippen molar-refractivity contribution in [3.63, 3.8) is 0 Å². The second-order valence-corrected chi connectivity index (χ2v) is 4.69. The van der Waals surface area contributed by atoms with Crippen LogP contribution < -0.4 is 5.32 Å². The third-order valence-corrected chi connectivity index (χ3v) is 3.06. The quantitative estimate of drug-likeness (QED) is 0.853. The molecule has 0 bridgehead atoms. The first-order valence-corrected chi connectivity index (χ1v) is 5.96. The van der Waals surface area contributed by atoms with Crippen LogP contribution in [0.2, 0.25) is 5.02 Å². The Hall–Kier alpha value is -0.570. The molecule has 0 heterocycles. The molecule has 0 aliphatic heterocycles. The molecule has 0 radical (unpaired) electrons. The van der Waals surface area contributed by atoms with Gasteiger partial charge in [-0.25, -0.2) is 0 Å². The van der Waals surface area contributed by atoms with Gasteiger partial charge in [0.15, 0.2) is 0 Å². The topological polar surface area (TPSA) is 21.3 Å². The van der Waals surface area contributed by atoms with Crippen LogP contribution in [0.4, 0.5) is 0 Å². The largest absolute Gasteiger partial charge is 0.374 e. The summed E-state index contributed by atoms with van der Waals surface area (Å²) in [6.07, 6.45) is 0. The van der Waals surface area contributed by atoms with Crippen molar-refractivity contribution in [3.05, 3.63) is 34.9 Å². The van der Waals surface area contributed by atoms with Crippen LogP contribution >= 0.6 is 11.6 Å². The highest BCUT2D eigenvalue weighted by molar-refractivity contribution is 6.31. The maximum Gasteiger partial charge on any atom is 0.0820 e. The molecule has 90 valence electrons. The minimum Gasteiger partial charge on any atom is -0.374 e. The molecular weight excluding hydrogens is 222 g/mol. The van der Waals surface area contributed by atoms with Gasteiger partial charge in [0.2, 0.25) is 0 Å². The van der Waals surface area contributed by atoms with Gasteiger partial charge in [-0.05, 0) is 39.4 Å². The molecule has 1 unspecified atom stereocenters. The van der Waals surface area contributed by atoms with Crippen molar-refractivity contribution in [2.24, 2.45) is 0 Å². The number of rotatable bonds is 5. The molecule has 0 saturated heterocycles. The highest BCUT2D eigenvalue weighted by Crippen LogP contribution is 2.32. The van der Waals surface area contributed by atoms with Gasteiger partial charge in [-0.15, -0.1) is 0 Å². The number of benzene rings is 1. The van der Waals surface area contributed by atoms with Gasteiger partial charge in [0.1, 0.15) is 0 Å². The fourth-order valence-corrected chi connectivity index (χ4v) is 2.29. The Bertz CT molecular complexity index is 338. The van der Waals surface area contributed by atoms with Gasteiger partial charge in [-0.3, -0.25) is 0 Å². The first-order valence-electron chi connectivity index (χ1n) is 5.58. The van der Waals surface area contributed by atoms with Crippen molar-refractivity contribution in [3.8, 4) is 0 Å². The van der Waals surface area contributed by atoms with Gasteiger partial charge < -0.3 is 10.1 Å². The molecular formula is C13H20ClNO. The van der Waals surface area contributed by atoms with Gasteiger partial charge in [0.25, 0.3) is 0 Å². The van der Waals surface area contributed by atoms with Crippen molar-refractivity contribution in [2.45, 2.75) is 32.4 Å². The molecule has 1 N–H and O–H groups in total. The summed E-state index contributed by atoms with van der Waals surface area (Å²) >= 11 is 6.21. The monoisotopic (exact) mass is 241 g/mol. The summed E-state index contributed by atoms with van der Waals surface area (Å²) < 4.78 is 5.77. The molecule has 3 heteroatoms. The lowest BCUT2D eigenvalue weighted by molar-refractivity contribution is -0.0374. The van der Waals surface area contributed by atoms with Crippen LogP contribution in [0.3, 0.4) is 0 Å². The normalized spacial score (nSPS) is 13.8. The highest BCUT2D eigenvalue weighted by Gasteiger charge is 2.31. The molecule has 0 aliphatic rings. The van der Waals surface area contributed by atoms with Crippen molar-refractivity contribution >= 4 is 11.6 Å². The van der Waals surface area contributed by atoms with E-state index in [1.807, 2.05) is 38.2 Å². The Kier molecular flexibility index (Phi) is 4.78. The molecule has 0 spiro atoms. The van der Waals surface area contributed by atoms with Crippen LogP contribution in [-0.2, 0) is 4.74 Å². The van der Waals surface area contributed by atoms with E-state index in [9.17, 15) is 0 Å². The van der Waals surface area contributed by atoms with Crippen LogP contribution in [0.15, 0.2) is 24.3 Å². The molecule has 2 nitrogen and oxygen atoms in total. The number of hydrogen-bond acceptors (Lipinski definition) is 2. The summed E-state index contributed by atoms with van der Waals surface area (Å²) in [5, 5.41) is 4.05. The average Bonchev–Trinajstić information content (AvgIpc) is 2.21. The number of halogens is 1. The van der Waals surface area contributed by atoms with E-state index in [0.29, 0.717) is 6.61 Å². The van der Waals surface area contributed by atoms with E-state index in [1.165, 1.54) is 0 Å². The van der Waals surface area contributed by atoms with Crippen LogP contribution in [0.1, 0.15) is 32.4 Å². The van der Waals surface area contributed by atoms with Gasteiger partial charge >= 0.3 is 0 Å². The van der Waals surface area contributed by atoms with Crippen LogP contribution in [0, 0.1) is 0 Å². The second-order valence-electron chi connectivity index (χ2n) is 4.28. The summed E-state index contributed by atoms with van der Waals surface area (Å²) in [6, 6.07) is 7.95. The number of hydrogen-bond donors (Lipinski definition) is 1. The lowest BCUT2D eigenvalue weighted by Crippen LogP contribution is -2.40. The van der Waals surface area contributed by atoms with Crippen LogP contribution in [0.5, 0.6) is 0 Å². The summed E-state index contributed by atoms with van der Waals surface area (Å²) in [4.78, 5) is 0. The number of ether oxygens (including phenoxy) is 1. The van der Waals surface area contributed by atoms with Gasteiger partial charge in [0.05, 0.1) is 11.6 Å². The lowest BCUT2D eigenvalue weighted by Gasteiger charge is -2.34. The zero-order valence-corrected chi connectivity index (χ0v) is 11.1. The molecule has 16 heavy (non-hydrogen) atoms. The van der Waals surface area contributed by atoms with Crippen molar-refractivity contribution in [2.75, 3.05) is 13.7 Å². The van der Waals surface area contributed by atoms with Crippen molar-refractivity contribution < 1.29 is 4.74 Å². The minimum atomic E-state index is -0.283. The molecule has 1 rings (SSSR count). The Morgan fingerprint density at radius 3 is 2.50 bits per heavy atom. The first-order chi connectivity index (χ1) is 7.53. The fraction of sp³-hybridized carbons (Fsp3) is 0.538. The molecule has 1 atom stereocenters. The molecule has 1 aromatic rings.